The maximum absolute atomic E-state index is 11.6. The van der Waals surface area contributed by atoms with Gasteiger partial charge in [-0.1, -0.05) is 6.42 Å². The Kier molecular flexibility index (Phi) is 4.31. The van der Waals surface area contributed by atoms with Crippen molar-refractivity contribution in [3.8, 4) is 0 Å². The van der Waals surface area contributed by atoms with Gasteiger partial charge in [-0.2, -0.15) is 12.7 Å². The van der Waals surface area contributed by atoms with Crippen LogP contribution in [0.3, 0.4) is 0 Å². The van der Waals surface area contributed by atoms with E-state index in [4.69, 9.17) is 5.73 Å². The normalized spacial score (nSPS) is 18.5. The van der Waals surface area contributed by atoms with Gasteiger partial charge in [-0.25, -0.2) is 4.72 Å². The highest BCUT2D eigenvalue weighted by Crippen LogP contribution is 2.26. The molecule has 5 nitrogen and oxygen atoms in total. The first-order chi connectivity index (χ1) is 6.61. The Labute approximate surface area is 85.8 Å². The van der Waals surface area contributed by atoms with Gasteiger partial charge in [0, 0.05) is 19.6 Å². The summed E-state index contributed by atoms with van der Waals surface area (Å²) in [7, 11) is -1.82. The molecule has 1 aliphatic carbocycles. The van der Waals surface area contributed by atoms with Crippen LogP contribution in [0, 0.1) is 0 Å². The van der Waals surface area contributed by atoms with Crippen molar-refractivity contribution in [3.05, 3.63) is 0 Å². The van der Waals surface area contributed by atoms with Crippen molar-refractivity contribution in [3.63, 3.8) is 0 Å². The van der Waals surface area contributed by atoms with Crippen LogP contribution >= 0.6 is 0 Å². The van der Waals surface area contributed by atoms with Crippen molar-refractivity contribution in [2.45, 2.75) is 31.7 Å². The van der Waals surface area contributed by atoms with Gasteiger partial charge in [-0.15, -0.1) is 0 Å². The molecule has 0 aromatic carbocycles. The summed E-state index contributed by atoms with van der Waals surface area (Å²) in [6.45, 7) is 1.06. The Morgan fingerprint density at radius 1 is 1.50 bits per heavy atom. The van der Waals surface area contributed by atoms with E-state index in [9.17, 15) is 8.42 Å². The van der Waals surface area contributed by atoms with E-state index in [1.807, 2.05) is 0 Å². The number of rotatable bonds is 6. The Morgan fingerprint density at radius 3 is 2.50 bits per heavy atom. The molecular formula is C8H19N3O2S. The molecule has 0 spiro atoms. The van der Waals surface area contributed by atoms with E-state index in [2.05, 4.69) is 4.72 Å². The lowest BCUT2D eigenvalue weighted by atomic mass is 9.93. The van der Waals surface area contributed by atoms with Crippen LogP contribution in [0.1, 0.15) is 25.7 Å². The molecule has 0 aliphatic heterocycles. The summed E-state index contributed by atoms with van der Waals surface area (Å²) in [5.41, 5.74) is 5.38. The van der Waals surface area contributed by atoms with Gasteiger partial charge in [-0.05, 0) is 25.8 Å². The zero-order chi connectivity index (χ0) is 10.6. The molecule has 0 heterocycles. The van der Waals surface area contributed by atoms with Crippen LogP contribution in [0.4, 0.5) is 0 Å². The molecule has 1 aliphatic rings. The van der Waals surface area contributed by atoms with Crippen molar-refractivity contribution in [2.75, 3.05) is 20.1 Å². The Morgan fingerprint density at radius 2 is 2.14 bits per heavy atom. The van der Waals surface area contributed by atoms with Crippen LogP contribution in [-0.4, -0.2) is 38.9 Å². The van der Waals surface area contributed by atoms with E-state index in [-0.39, 0.29) is 6.04 Å². The number of nitrogens with one attached hydrogen (secondary N) is 1. The predicted molar refractivity (Wildman–Crippen MR) is 56.0 cm³/mol. The first-order valence-electron chi connectivity index (χ1n) is 5.02. The van der Waals surface area contributed by atoms with Gasteiger partial charge in [0.1, 0.15) is 0 Å². The molecule has 0 saturated heterocycles. The van der Waals surface area contributed by atoms with Crippen LogP contribution in [0.15, 0.2) is 0 Å². The Bertz CT molecular complexity index is 262. The molecule has 0 aromatic rings. The lowest BCUT2D eigenvalue weighted by Crippen LogP contribution is -2.49. The zero-order valence-corrected chi connectivity index (χ0v) is 9.39. The highest BCUT2D eigenvalue weighted by atomic mass is 32.2. The third kappa shape index (κ3) is 2.66. The molecular weight excluding hydrogens is 202 g/mol. The van der Waals surface area contributed by atoms with Crippen LogP contribution < -0.4 is 10.5 Å². The lowest BCUT2D eigenvalue weighted by molar-refractivity contribution is 0.217. The van der Waals surface area contributed by atoms with Gasteiger partial charge in [0.2, 0.25) is 0 Å². The number of nitrogens with zero attached hydrogens (tertiary/aromatic N) is 1. The van der Waals surface area contributed by atoms with E-state index in [1.165, 1.54) is 7.05 Å². The fraction of sp³-hybridized carbons (Fsp3) is 1.00. The number of nitrogens with two attached hydrogens (primary N) is 1. The summed E-state index contributed by atoms with van der Waals surface area (Å²) in [6.07, 6.45) is 3.80. The minimum absolute atomic E-state index is 0.194. The molecule has 14 heavy (non-hydrogen) atoms. The van der Waals surface area contributed by atoms with E-state index < -0.39 is 10.2 Å². The van der Waals surface area contributed by atoms with E-state index in [0.717, 1.165) is 25.7 Å². The average Bonchev–Trinajstić information content (AvgIpc) is 2.08. The fourth-order valence-corrected chi connectivity index (χ4v) is 2.75. The maximum Gasteiger partial charge on any atom is 0.279 e. The SMILES string of the molecule is CNS(=O)(=O)N(CCCN)C1CCC1. The van der Waals surface area contributed by atoms with Crippen molar-refractivity contribution in [1.29, 1.82) is 0 Å². The van der Waals surface area contributed by atoms with E-state index in [1.54, 1.807) is 4.31 Å². The Balaban J connectivity index is 2.60. The molecule has 0 unspecified atom stereocenters. The second-order valence-corrected chi connectivity index (χ2v) is 5.37. The van der Waals surface area contributed by atoms with Gasteiger partial charge in [-0.3, -0.25) is 0 Å². The zero-order valence-electron chi connectivity index (χ0n) is 8.57. The van der Waals surface area contributed by atoms with E-state index in [0.29, 0.717) is 13.1 Å². The molecule has 3 N–H and O–H groups in total. The molecule has 84 valence electrons. The lowest BCUT2D eigenvalue weighted by Gasteiger charge is -2.36. The molecule has 0 amide bonds. The molecule has 0 bridgehead atoms. The monoisotopic (exact) mass is 221 g/mol. The summed E-state index contributed by atoms with van der Waals surface area (Å²) in [5, 5.41) is 0. The number of hydrogen-bond acceptors (Lipinski definition) is 3. The van der Waals surface area contributed by atoms with Crippen LogP contribution in [0.5, 0.6) is 0 Å². The molecule has 6 heteroatoms. The maximum atomic E-state index is 11.6. The first-order valence-corrected chi connectivity index (χ1v) is 6.46. The molecule has 0 aromatic heterocycles. The summed E-state index contributed by atoms with van der Waals surface area (Å²) >= 11 is 0. The van der Waals surface area contributed by atoms with Crippen molar-refractivity contribution >= 4 is 10.2 Å². The second-order valence-electron chi connectivity index (χ2n) is 3.55. The number of hydrogen-bond donors (Lipinski definition) is 2. The first kappa shape index (κ1) is 11.9. The van der Waals surface area contributed by atoms with E-state index >= 15 is 0 Å². The summed E-state index contributed by atoms with van der Waals surface area (Å²) < 4.78 is 27.1. The van der Waals surface area contributed by atoms with Gasteiger partial charge >= 0.3 is 0 Å². The minimum Gasteiger partial charge on any atom is -0.330 e. The molecule has 0 atom stereocenters. The van der Waals surface area contributed by atoms with Crippen molar-refractivity contribution < 1.29 is 8.42 Å². The standard InChI is InChI=1S/C8H19N3O2S/c1-10-14(12,13)11(7-3-6-9)8-4-2-5-8/h8,10H,2-7,9H2,1H3. The van der Waals surface area contributed by atoms with Gasteiger partial charge < -0.3 is 5.73 Å². The topological polar surface area (TPSA) is 75.4 Å². The molecule has 1 rings (SSSR count). The highest BCUT2D eigenvalue weighted by molar-refractivity contribution is 7.87. The molecule has 0 radical (unpaired) electrons. The Hall–Kier alpha value is -0.170. The second kappa shape index (κ2) is 5.06. The van der Waals surface area contributed by atoms with Gasteiger partial charge in [0.05, 0.1) is 0 Å². The highest BCUT2D eigenvalue weighted by Gasteiger charge is 2.32. The van der Waals surface area contributed by atoms with Crippen LogP contribution in [0.2, 0.25) is 0 Å². The smallest absolute Gasteiger partial charge is 0.279 e. The summed E-state index contributed by atoms with van der Waals surface area (Å²) in [6, 6.07) is 0.194. The van der Waals surface area contributed by atoms with Crippen LogP contribution in [-0.2, 0) is 10.2 Å². The minimum atomic E-state index is -3.26. The largest absolute Gasteiger partial charge is 0.330 e. The summed E-state index contributed by atoms with van der Waals surface area (Å²) in [5.74, 6) is 0. The fourth-order valence-electron chi connectivity index (χ4n) is 1.54. The molecule has 1 fully saturated rings. The summed E-state index contributed by atoms with van der Waals surface area (Å²) in [4.78, 5) is 0. The third-order valence-corrected chi connectivity index (χ3v) is 4.25. The molecule has 1 saturated carbocycles. The predicted octanol–water partition coefficient (Wildman–Crippen LogP) is -0.346. The van der Waals surface area contributed by atoms with Gasteiger partial charge in [0.15, 0.2) is 0 Å². The van der Waals surface area contributed by atoms with Crippen molar-refractivity contribution in [1.82, 2.24) is 9.03 Å². The third-order valence-electron chi connectivity index (χ3n) is 2.63. The van der Waals surface area contributed by atoms with Gasteiger partial charge in [0.25, 0.3) is 10.2 Å². The average molecular weight is 221 g/mol. The van der Waals surface area contributed by atoms with Crippen molar-refractivity contribution in [2.24, 2.45) is 5.73 Å². The quantitative estimate of drug-likeness (QED) is 0.644. The van der Waals surface area contributed by atoms with Crippen LogP contribution in [0.25, 0.3) is 0 Å².